The number of nitrogens with zero attached hydrogens (tertiary/aromatic N) is 2. The van der Waals surface area contributed by atoms with Crippen LogP contribution in [0.2, 0.25) is 0 Å². The van der Waals surface area contributed by atoms with Crippen LogP contribution >= 0.6 is 0 Å². The van der Waals surface area contributed by atoms with E-state index in [-0.39, 0.29) is 17.7 Å². The van der Waals surface area contributed by atoms with Crippen LogP contribution in [-0.2, 0) is 0 Å². The normalized spacial score (nSPS) is 15.2. The van der Waals surface area contributed by atoms with Crippen molar-refractivity contribution in [3.8, 4) is 0 Å². The summed E-state index contributed by atoms with van der Waals surface area (Å²) in [5.41, 5.74) is 5.29. The highest BCUT2D eigenvalue weighted by Gasteiger charge is 2.20. The summed E-state index contributed by atoms with van der Waals surface area (Å²) in [4.78, 5) is 15.2. The maximum Gasteiger partial charge on any atom is 0.288 e. The Labute approximate surface area is 87.6 Å². The molecule has 6 heteroatoms. The Kier molecular flexibility index (Phi) is 2.84. The van der Waals surface area contributed by atoms with Crippen LogP contribution in [0.15, 0.2) is 0 Å². The molecule has 0 radical (unpaired) electrons. The molecule has 1 aliphatic rings. The number of aromatic amines is 1. The Balaban J connectivity index is 1.67. The van der Waals surface area contributed by atoms with E-state index in [1.807, 2.05) is 0 Å². The highest BCUT2D eigenvalue weighted by Crippen LogP contribution is 2.33. The predicted octanol–water partition coefficient (Wildman–Crippen LogP) is 0.307. The van der Waals surface area contributed by atoms with Crippen molar-refractivity contribution < 1.29 is 4.79 Å². The Morgan fingerprint density at radius 2 is 2.40 bits per heavy atom. The number of amides is 1. The molecule has 0 spiro atoms. The van der Waals surface area contributed by atoms with E-state index < -0.39 is 0 Å². The molecule has 1 fully saturated rings. The lowest BCUT2D eigenvalue weighted by Gasteiger charge is -2.01. The lowest BCUT2D eigenvalue weighted by Crippen LogP contribution is -2.25. The van der Waals surface area contributed by atoms with Gasteiger partial charge in [0.25, 0.3) is 5.91 Å². The number of hydrogen-bond donors (Lipinski definition) is 3. The van der Waals surface area contributed by atoms with Crippen molar-refractivity contribution in [1.29, 1.82) is 0 Å². The van der Waals surface area contributed by atoms with Crippen molar-refractivity contribution >= 4 is 11.9 Å². The van der Waals surface area contributed by atoms with Gasteiger partial charge >= 0.3 is 0 Å². The molecule has 1 heterocycles. The topological polar surface area (TPSA) is 96.7 Å². The summed E-state index contributed by atoms with van der Waals surface area (Å²) in [6, 6.07) is 0. The third-order valence-electron chi connectivity index (χ3n) is 2.49. The van der Waals surface area contributed by atoms with Crippen LogP contribution < -0.4 is 11.1 Å². The van der Waals surface area contributed by atoms with Gasteiger partial charge in [0.05, 0.1) is 0 Å². The summed E-state index contributed by atoms with van der Waals surface area (Å²) >= 11 is 0. The minimum absolute atomic E-state index is 0.0955. The molecule has 0 saturated heterocycles. The zero-order chi connectivity index (χ0) is 10.7. The van der Waals surface area contributed by atoms with Gasteiger partial charge in [-0.25, -0.2) is 0 Å². The highest BCUT2D eigenvalue weighted by molar-refractivity contribution is 5.90. The number of hydrogen-bond acceptors (Lipinski definition) is 4. The van der Waals surface area contributed by atoms with Gasteiger partial charge in [-0.15, -0.1) is 5.10 Å². The number of H-pyrrole nitrogens is 1. The molecule has 0 atom stereocenters. The first-order chi connectivity index (χ1) is 7.25. The van der Waals surface area contributed by atoms with E-state index in [0.29, 0.717) is 6.54 Å². The SMILES string of the molecule is Nc1n[nH]c(C(=O)NCCCC2CC2)n1. The summed E-state index contributed by atoms with van der Waals surface area (Å²) in [7, 11) is 0. The van der Waals surface area contributed by atoms with Crippen molar-refractivity contribution in [2.24, 2.45) is 5.92 Å². The third kappa shape index (κ3) is 2.93. The largest absolute Gasteiger partial charge is 0.366 e. The van der Waals surface area contributed by atoms with Gasteiger partial charge in [0.1, 0.15) is 0 Å². The Bertz CT molecular complexity index is 344. The van der Waals surface area contributed by atoms with E-state index in [1.165, 1.54) is 19.3 Å². The van der Waals surface area contributed by atoms with Crippen molar-refractivity contribution in [3.63, 3.8) is 0 Å². The van der Waals surface area contributed by atoms with Crippen molar-refractivity contribution in [2.75, 3.05) is 12.3 Å². The monoisotopic (exact) mass is 209 g/mol. The average molecular weight is 209 g/mol. The van der Waals surface area contributed by atoms with Crippen LogP contribution in [0, 0.1) is 5.92 Å². The van der Waals surface area contributed by atoms with Crippen LogP contribution in [0.5, 0.6) is 0 Å². The summed E-state index contributed by atoms with van der Waals surface area (Å²) in [5.74, 6) is 0.940. The van der Waals surface area contributed by atoms with E-state index >= 15 is 0 Å². The fraction of sp³-hybridized carbons (Fsp3) is 0.667. The molecule has 1 aliphatic carbocycles. The van der Waals surface area contributed by atoms with Crippen molar-refractivity contribution in [2.45, 2.75) is 25.7 Å². The average Bonchev–Trinajstić information content (AvgIpc) is 2.94. The van der Waals surface area contributed by atoms with Crippen LogP contribution in [0.25, 0.3) is 0 Å². The molecule has 1 aromatic heterocycles. The molecule has 1 aromatic rings. The predicted molar refractivity (Wildman–Crippen MR) is 55.1 cm³/mol. The van der Waals surface area contributed by atoms with E-state index in [4.69, 9.17) is 5.73 Å². The standard InChI is InChI=1S/C9H15N5O/c10-9-12-7(13-14-9)8(15)11-5-1-2-6-3-4-6/h6H,1-5H2,(H,11,15)(H3,10,12,13,14). The molecule has 82 valence electrons. The molecule has 4 N–H and O–H groups in total. The fourth-order valence-corrected chi connectivity index (χ4v) is 1.46. The number of nitrogens with one attached hydrogen (secondary N) is 2. The second-order valence-corrected chi connectivity index (χ2v) is 3.88. The van der Waals surface area contributed by atoms with Gasteiger partial charge in [0.15, 0.2) is 0 Å². The highest BCUT2D eigenvalue weighted by atomic mass is 16.2. The Hall–Kier alpha value is -1.59. The van der Waals surface area contributed by atoms with Crippen LogP contribution in [0.1, 0.15) is 36.3 Å². The number of nitrogen functional groups attached to an aromatic ring is 1. The minimum Gasteiger partial charge on any atom is -0.366 e. The maximum atomic E-state index is 11.4. The second kappa shape index (κ2) is 4.29. The summed E-state index contributed by atoms with van der Waals surface area (Å²) in [6.07, 6.45) is 4.94. The molecule has 0 bridgehead atoms. The van der Waals surface area contributed by atoms with Gasteiger partial charge in [0.2, 0.25) is 11.8 Å². The molecular weight excluding hydrogens is 194 g/mol. The number of rotatable bonds is 5. The number of carbonyl (C=O) groups is 1. The first kappa shape index (κ1) is 9.95. The van der Waals surface area contributed by atoms with Gasteiger partial charge < -0.3 is 11.1 Å². The lowest BCUT2D eigenvalue weighted by atomic mass is 10.2. The molecule has 6 nitrogen and oxygen atoms in total. The van der Waals surface area contributed by atoms with Gasteiger partial charge in [-0.3, -0.25) is 9.89 Å². The number of nitrogens with two attached hydrogens (primary N) is 1. The Morgan fingerprint density at radius 1 is 1.60 bits per heavy atom. The van der Waals surface area contributed by atoms with Crippen LogP contribution in [-0.4, -0.2) is 27.6 Å². The van der Waals surface area contributed by atoms with E-state index in [2.05, 4.69) is 20.5 Å². The molecule has 2 rings (SSSR count). The van der Waals surface area contributed by atoms with Gasteiger partial charge in [-0.05, 0) is 18.8 Å². The summed E-state index contributed by atoms with van der Waals surface area (Å²) < 4.78 is 0. The van der Waals surface area contributed by atoms with Crippen LogP contribution in [0.3, 0.4) is 0 Å². The van der Waals surface area contributed by atoms with E-state index in [9.17, 15) is 4.79 Å². The number of carbonyl (C=O) groups excluding carboxylic acids is 1. The fourth-order valence-electron chi connectivity index (χ4n) is 1.46. The molecule has 1 amide bonds. The lowest BCUT2D eigenvalue weighted by molar-refractivity contribution is 0.0943. The van der Waals surface area contributed by atoms with E-state index in [1.54, 1.807) is 0 Å². The molecule has 0 aromatic carbocycles. The van der Waals surface area contributed by atoms with Crippen LogP contribution in [0.4, 0.5) is 5.95 Å². The molecule has 1 saturated carbocycles. The molecule has 0 unspecified atom stereocenters. The van der Waals surface area contributed by atoms with Crippen molar-refractivity contribution in [3.05, 3.63) is 5.82 Å². The zero-order valence-electron chi connectivity index (χ0n) is 8.49. The smallest absolute Gasteiger partial charge is 0.288 e. The van der Waals surface area contributed by atoms with Gasteiger partial charge in [-0.2, -0.15) is 4.98 Å². The first-order valence-electron chi connectivity index (χ1n) is 5.22. The second-order valence-electron chi connectivity index (χ2n) is 3.88. The minimum atomic E-state index is -0.241. The molecule has 15 heavy (non-hydrogen) atoms. The molecular formula is C9H15N5O. The van der Waals surface area contributed by atoms with Crippen molar-refractivity contribution in [1.82, 2.24) is 20.5 Å². The van der Waals surface area contributed by atoms with E-state index in [0.717, 1.165) is 12.3 Å². The zero-order valence-corrected chi connectivity index (χ0v) is 8.49. The quantitative estimate of drug-likeness (QED) is 0.608. The maximum absolute atomic E-state index is 11.4. The number of aromatic nitrogens is 3. The Morgan fingerprint density at radius 3 is 3.00 bits per heavy atom. The third-order valence-corrected chi connectivity index (χ3v) is 2.49. The molecule has 0 aliphatic heterocycles. The first-order valence-corrected chi connectivity index (χ1v) is 5.22. The summed E-state index contributed by atoms with van der Waals surface area (Å²) in [6.45, 7) is 0.690. The number of anilines is 1. The van der Waals surface area contributed by atoms with Gasteiger partial charge in [-0.1, -0.05) is 12.8 Å². The summed E-state index contributed by atoms with van der Waals surface area (Å²) in [5, 5.41) is 8.82. The van der Waals surface area contributed by atoms with Gasteiger partial charge in [0, 0.05) is 6.54 Å².